The van der Waals surface area contributed by atoms with Gasteiger partial charge in [0, 0.05) is 0 Å². The van der Waals surface area contributed by atoms with E-state index in [2.05, 4.69) is 62.4 Å². The zero-order valence-electron chi connectivity index (χ0n) is 12.9. The van der Waals surface area contributed by atoms with Gasteiger partial charge in [-0.2, -0.15) is 0 Å². The number of hydrogen-bond acceptors (Lipinski definition) is 0. The third kappa shape index (κ3) is 4.52. The molecule has 0 nitrogen and oxygen atoms in total. The quantitative estimate of drug-likeness (QED) is 0.672. The number of fused-ring (bicyclic) bond motifs is 1. The molecule has 0 aliphatic heterocycles. The van der Waals surface area contributed by atoms with E-state index < -0.39 is 0 Å². The highest BCUT2D eigenvalue weighted by molar-refractivity contribution is 5.28. The van der Waals surface area contributed by atoms with Crippen molar-refractivity contribution >= 4 is 0 Å². The van der Waals surface area contributed by atoms with Crippen molar-refractivity contribution in [3.8, 4) is 0 Å². The van der Waals surface area contributed by atoms with Gasteiger partial charge in [0.1, 0.15) is 0 Å². The van der Waals surface area contributed by atoms with Gasteiger partial charge in [-0.3, -0.25) is 0 Å². The Morgan fingerprint density at radius 3 is 1.85 bits per heavy atom. The van der Waals surface area contributed by atoms with Crippen LogP contribution in [0, 0.1) is 6.92 Å². The highest BCUT2D eigenvalue weighted by atomic mass is 14.1. The standard InChI is InChI=1S/C10H12.C10H14/c1-2-6-10-8-4-3-7-9(10)5-1;1-3-4-10-7-5-9(2)6-8-10/h1-2,5-6H,3-4,7-8H2;5-8H,3-4H2,1-2H3. The summed E-state index contributed by atoms with van der Waals surface area (Å²) in [6, 6.07) is 17.6. The van der Waals surface area contributed by atoms with Crippen LogP contribution in [0.1, 0.15) is 48.4 Å². The molecule has 0 unspecified atom stereocenters. The van der Waals surface area contributed by atoms with Gasteiger partial charge in [0.15, 0.2) is 0 Å². The molecule has 0 spiro atoms. The molecule has 3 rings (SSSR count). The van der Waals surface area contributed by atoms with Crippen LogP contribution in [0.5, 0.6) is 0 Å². The van der Waals surface area contributed by atoms with Gasteiger partial charge in [0.25, 0.3) is 0 Å². The average Bonchev–Trinajstić information content (AvgIpc) is 2.51. The Morgan fingerprint density at radius 1 is 0.800 bits per heavy atom. The molecular formula is C20H26. The molecule has 0 N–H and O–H groups in total. The van der Waals surface area contributed by atoms with E-state index in [4.69, 9.17) is 0 Å². The zero-order chi connectivity index (χ0) is 14.2. The molecule has 2 aromatic rings. The summed E-state index contributed by atoms with van der Waals surface area (Å²) in [7, 11) is 0. The topological polar surface area (TPSA) is 0 Å². The van der Waals surface area contributed by atoms with Gasteiger partial charge in [-0.15, -0.1) is 0 Å². The molecule has 0 saturated carbocycles. The maximum atomic E-state index is 2.26. The summed E-state index contributed by atoms with van der Waals surface area (Å²) in [4.78, 5) is 0. The Balaban J connectivity index is 0.000000147. The second kappa shape index (κ2) is 7.89. The highest BCUT2D eigenvalue weighted by Crippen LogP contribution is 2.19. The van der Waals surface area contributed by atoms with Crippen LogP contribution in [-0.4, -0.2) is 0 Å². The molecule has 0 heterocycles. The van der Waals surface area contributed by atoms with Crippen LogP contribution < -0.4 is 0 Å². The van der Waals surface area contributed by atoms with E-state index in [1.54, 1.807) is 11.1 Å². The number of rotatable bonds is 2. The summed E-state index contributed by atoms with van der Waals surface area (Å²) < 4.78 is 0. The largest absolute Gasteiger partial charge is 0.0651 e. The lowest BCUT2D eigenvalue weighted by atomic mass is 9.92. The van der Waals surface area contributed by atoms with E-state index in [0.717, 1.165) is 0 Å². The highest BCUT2D eigenvalue weighted by Gasteiger charge is 2.05. The molecule has 0 fully saturated rings. The zero-order valence-corrected chi connectivity index (χ0v) is 12.9. The van der Waals surface area contributed by atoms with Crippen LogP contribution in [0.3, 0.4) is 0 Å². The van der Waals surface area contributed by atoms with Crippen molar-refractivity contribution in [2.45, 2.75) is 52.4 Å². The minimum Gasteiger partial charge on any atom is -0.0651 e. The van der Waals surface area contributed by atoms with Gasteiger partial charge in [-0.05, 0) is 55.7 Å². The maximum Gasteiger partial charge on any atom is -0.0276 e. The fraction of sp³-hybridized carbons (Fsp3) is 0.400. The van der Waals surface area contributed by atoms with Crippen LogP contribution in [0.2, 0.25) is 0 Å². The van der Waals surface area contributed by atoms with E-state index in [1.165, 1.54) is 49.7 Å². The van der Waals surface area contributed by atoms with Gasteiger partial charge in [0.05, 0.1) is 0 Å². The third-order valence-corrected chi connectivity index (χ3v) is 3.92. The smallest absolute Gasteiger partial charge is 0.0276 e. The van der Waals surface area contributed by atoms with E-state index in [-0.39, 0.29) is 0 Å². The predicted octanol–water partition coefficient (Wildman–Crippen LogP) is 5.51. The first-order chi connectivity index (χ1) is 9.79. The molecule has 106 valence electrons. The summed E-state index contributed by atoms with van der Waals surface area (Å²) in [5.41, 5.74) is 5.95. The summed E-state index contributed by atoms with van der Waals surface area (Å²) >= 11 is 0. The van der Waals surface area contributed by atoms with E-state index in [9.17, 15) is 0 Å². The van der Waals surface area contributed by atoms with E-state index in [0.29, 0.717) is 0 Å². The third-order valence-electron chi connectivity index (χ3n) is 3.92. The van der Waals surface area contributed by atoms with Crippen molar-refractivity contribution in [3.63, 3.8) is 0 Å². The molecule has 0 saturated heterocycles. The fourth-order valence-corrected chi connectivity index (χ4v) is 2.72. The molecule has 20 heavy (non-hydrogen) atoms. The van der Waals surface area contributed by atoms with Gasteiger partial charge < -0.3 is 0 Å². The lowest BCUT2D eigenvalue weighted by molar-refractivity contribution is 0.685. The Kier molecular flexibility index (Phi) is 5.86. The van der Waals surface area contributed by atoms with Gasteiger partial charge in [0.2, 0.25) is 0 Å². The van der Waals surface area contributed by atoms with Crippen molar-refractivity contribution in [3.05, 3.63) is 70.8 Å². The molecule has 0 bridgehead atoms. The molecular weight excluding hydrogens is 240 g/mol. The molecule has 0 atom stereocenters. The lowest BCUT2D eigenvalue weighted by Crippen LogP contribution is -2.00. The predicted molar refractivity (Wildman–Crippen MR) is 88.3 cm³/mol. The summed E-state index contributed by atoms with van der Waals surface area (Å²) in [6.45, 7) is 4.33. The summed E-state index contributed by atoms with van der Waals surface area (Å²) in [6.07, 6.45) is 7.82. The van der Waals surface area contributed by atoms with Gasteiger partial charge in [-0.25, -0.2) is 0 Å². The average molecular weight is 266 g/mol. The molecule has 1 aliphatic carbocycles. The minimum absolute atomic E-state index is 1.21. The Hall–Kier alpha value is -1.56. The van der Waals surface area contributed by atoms with Crippen molar-refractivity contribution in [2.75, 3.05) is 0 Å². The number of aryl methyl sites for hydroxylation is 4. The van der Waals surface area contributed by atoms with E-state index in [1.807, 2.05) is 0 Å². The molecule has 0 heteroatoms. The second-order valence-corrected chi connectivity index (χ2v) is 5.71. The molecule has 0 radical (unpaired) electrons. The summed E-state index contributed by atoms with van der Waals surface area (Å²) in [5, 5.41) is 0. The van der Waals surface area contributed by atoms with Crippen LogP contribution in [0.15, 0.2) is 48.5 Å². The first kappa shape index (κ1) is 14.8. The monoisotopic (exact) mass is 266 g/mol. The maximum absolute atomic E-state index is 2.26. The van der Waals surface area contributed by atoms with Crippen molar-refractivity contribution in [1.29, 1.82) is 0 Å². The second-order valence-electron chi connectivity index (χ2n) is 5.71. The Bertz CT molecular complexity index is 483. The Labute approximate surface area is 123 Å². The first-order valence-electron chi connectivity index (χ1n) is 7.92. The molecule has 2 aromatic carbocycles. The minimum atomic E-state index is 1.21. The normalized spacial score (nSPS) is 13.1. The fourth-order valence-electron chi connectivity index (χ4n) is 2.72. The van der Waals surface area contributed by atoms with Crippen LogP contribution in [0.25, 0.3) is 0 Å². The first-order valence-corrected chi connectivity index (χ1v) is 7.92. The molecule has 1 aliphatic rings. The van der Waals surface area contributed by atoms with Crippen LogP contribution in [0.4, 0.5) is 0 Å². The lowest BCUT2D eigenvalue weighted by Gasteiger charge is -2.13. The van der Waals surface area contributed by atoms with E-state index >= 15 is 0 Å². The van der Waals surface area contributed by atoms with Gasteiger partial charge in [-0.1, -0.05) is 67.4 Å². The Morgan fingerprint density at radius 2 is 1.35 bits per heavy atom. The van der Waals surface area contributed by atoms with Crippen LogP contribution in [-0.2, 0) is 19.3 Å². The van der Waals surface area contributed by atoms with Gasteiger partial charge >= 0.3 is 0 Å². The van der Waals surface area contributed by atoms with Crippen molar-refractivity contribution < 1.29 is 0 Å². The van der Waals surface area contributed by atoms with Crippen LogP contribution >= 0.6 is 0 Å². The summed E-state index contributed by atoms with van der Waals surface area (Å²) in [5.74, 6) is 0. The SMILES string of the molecule is CCCc1ccc(C)cc1.c1ccc2c(c1)CCCC2. The molecule has 0 aromatic heterocycles. The van der Waals surface area contributed by atoms with Crippen molar-refractivity contribution in [2.24, 2.45) is 0 Å². The van der Waals surface area contributed by atoms with Crippen molar-refractivity contribution in [1.82, 2.24) is 0 Å². The molecule has 0 amide bonds. The number of hydrogen-bond donors (Lipinski definition) is 0. The number of benzene rings is 2.